The summed E-state index contributed by atoms with van der Waals surface area (Å²) in [6.45, 7) is 5.64. The molecule has 0 spiro atoms. The maximum atomic E-state index is 4.33. The Hall–Kier alpha value is -0.410. The van der Waals surface area contributed by atoms with E-state index in [1.165, 1.54) is 17.8 Å². The molecule has 0 saturated heterocycles. The summed E-state index contributed by atoms with van der Waals surface area (Å²) in [5.41, 5.74) is 0. The summed E-state index contributed by atoms with van der Waals surface area (Å²) in [5.74, 6) is 1.49. The smallest absolute Gasteiger partial charge is 0.0965 e. The van der Waals surface area contributed by atoms with E-state index in [-0.39, 0.29) is 0 Å². The highest BCUT2D eigenvalue weighted by Gasteiger charge is 2.25. The summed E-state index contributed by atoms with van der Waals surface area (Å²) < 4.78 is 0. The third-order valence-electron chi connectivity index (χ3n) is 2.96. The lowest BCUT2D eigenvalue weighted by Gasteiger charge is -2.34. The SMILES string of the molecule is CC1CC(NCC(C)c2nccs2)C1. The van der Waals surface area contributed by atoms with Crippen molar-refractivity contribution < 1.29 is 0 Å². The molecule has 78 valence electrons. The molecule has 1 fully saturated rings. The van der Waals surface area contributed by atoms with Crippen molar-refractivity contribution in [2.75, 3.05) is 6.54 Å². The van der Waals surface area contributed by atoms with E-state index < -0.39 is 0 Å². The van der Waals surface area contributed by atoms with Crippen molar-refractivity contribution in [2.24, 2.45) is 5.92 Å². The van der Waals surface area contributed by atoms with Gasteiger partial charge in [-0.1, -0.05) is 13.8 Å². The van der Waals surface area contributed by atoms with Gasteiger partial charge in [0.05, 0.1) is 5.01 Å². The Morgan fingerprint density at radius 1 is 1.64 bits per heavy atom. The predicted molar refractivity (Wildman–Crippen MR) is 60.7 cm³/mol. The highest BCUT2D eigenvalue weighted by atomic mass is 32.1. The minimum atomic E-state index is 0.561. The third kappa shape index (κ3) is 2.34. The van der Waals surface area contributed by atoms with Crippen LogP contribution < -0.4 is 5.32 Å². The molecule has 1 aromatic heterocycles. The Morgan fingerprint density at radius 3 is 3.00 bits per heavy atom. The molecule has 1 N–H and O–H groups in total. The molecule has 3 heteroatoms. The van der Waals surface area contributed by atoms with E-state index in [1.54, 1.807) is 11.3 Å². The van der Waals surface area contributed by atoms with Gasteiger partial charge in [0, 0.05) is 30.1 Å². The zero-order valence-corrected chi connectivity index (χ0v) is 9.68. The van der Waals surface area contributed by atoms with Crippen LogP contribution in [0, 0.1) is 5.92 Å². The van der Waals surface area contributed by atoms with Crippen LogP contribution in [0.2, 0.25) is 0 Å². The lowest BCUT2D eigenvalue weighted by atomic mass is 9.82. The molecule has 2 nitrogen and oxygen atoms in total. The van der Waals surface area contributed by atoms with E-state index in [1.807, 2.05) is 6.20 Å². The topological polar surface area (TPSA) is 24.9 Å². The third-order valence-corrected chi connectivity index (χ3v) is 3.97. The van der Waals surface area contributed by atoms with Gasteiger partial charge in [-0.2, -0.15) is 0 Å². The number of hydrogen-bond donors (Lipinski definition) is 1. The van der Waals surface area contributed by atoms with Crippen LogP contribution in [0.3, 0.4) is 0 Å². The van der Waals surface area contributed by atoms with E-state index in [0.29, 0.717) is 5.92 Å². The van der Waals surface area contributed by atoms with E-state index in [4.69, 9.17) is 0 Å². The van der Waals surface area contributed by atoms with Crippen molar-refractivity contribution in [1.29, 1.82) is 0 Å². The van der Waals surface area contributed by atoms with Crippen LogP contribution in [0.5, 0.6) is 0 Å². The molecule has 1 aliphatic carbocycles. The van der Waals surface area contributed by atoms with Crippen molar-refractivity contribution in [3.05, 3.63) is 16.6 Å². The number of aromatic nitrogens is 1. The number of hydrogen-bond acceptors (Lipinski definition) is 3. The molecule has 1 saturated carbocycles. The first-order valence-electron chi connectivity index (χ1n) is 5.38. The van der Waals surface area contributed by atoms with Crippen molar-refractivity contribution in [3.8, 4) is 0 Å². The second-order valence-corrected chi connectivity index (χ2v) is 5.38. The maximum Gasteiger partial charge on any atom is 0.0965 e. The zero-order valence-electron chi connectivity index (χ0n) is 8.86. The molecule has 14 heavy (non-hydrogen) atoms. The number of thiazole rings is 1. The molecule has 1 atom stereocenters. The van der Waals surface area contributed by atoms with Crippen LogP contribution in [0.4, 0.5) is 0 Å². The fraction of sp³-hybridized carbons (Fsp3) is 0.727. The molecule has 0 bridgehead atoms. The zero-order chi connectivity index (χ0) is 9.97. The van der Waals surface area contributed by atoms with Gasteiger partial charge in [-0.15, -0.1) is 11.3 Å². The van der Waals surface area contributed by atoms with Gasteiger partial charge in [-0.3, -0.25) is 0 Å². The molecule has 1 heterocycles. The van der Waals surface area contributed by atoms with Gasteiger partial charge in [0.15, 0.2) is 0 Å². The fourth-order valence-corrected chi connectivity index (χ4v) is 2.68. The summed E-state index contributed by atoms with van der Waals surface area (Å²) in [7, 11) is 0. The Morgan fingerprint density at radius 2 is 2.43 bits per heavy atom. The highest BCUT2D eigenvalue weighted by Crippen LogP contribution is 2.27. The Labute approximate surface area is 89.8 Å². The second-order valence-electron chi connectivity index (χ2n) is 4.45. The lowest BCUT2D eigenvalue weighted by Crippen LogP contribution is -2.41. The minimum absolute atomic E-state index is 0.561. The first-order valence-corrected chi connectivity index (χ1v) is 6.26. The molecule has 1 aromatic rings. The van der Waals surface area contributed by atoms with Crippen molar-refractivity contribution >= 4 is 11.3 Å². The molecule has 0 amide bonds. The summed E-state index contributed by atoms with van der Waals surface area (Å²) in [4.78, 5) is 4.33. The molecule has 0 radical (unpaired) electrons. The van der Waals surface area contributed by atoms with Crippen LogP contribution in [0.15, 0.2) is 11.6 Å². The first kappa shape index (κ1) is 10.1. The van der Waals surface area contributed by atoms with Crippen LogP contribution in [0.25, 0.3) is 0 Å². The summed E-state index contributed by atoms with van der Waals surface area (Å²) in [6, 6.07) is 0.771. The van der Waals surface area contributed by atoms with Gasteiger partial charge in [0.2, 0.25) is 0 Å². The van der Waals surface area contributed by atoms with Crippen molar-refractivity contribution in [3.63, 3.8) is 0 Å². The Bertz CT molecular complexity index is 265. The number of nitrogens with one attached hydrogen (secondary N) is 1. The number of nitrogens with zero attached hydrogens (tertiary/aromatic N) is 1. The van der Waals surface area contributed by atoms with Gasteiger partial charge in [-0.05, 0) is 18.8 Å². The van der Waals surface area contributed by atoms with Crippen molar-refractivity contribution in [1.82, 2.24) is 10.3 Å². The maximum absolute atomic E-state index is 4.33. The fourth-order valence-electron chi connectivity index (χ4n) is 1.98. The normalized spacial score (nSPS) is 28.4. The molecule has 1 unspecified atom stereocenters. The minimum Gasteiger partial charge on any atom is -0.313 e. The van der Waals surface area contributed by atoms with Gasteiger partial charge >= 0.3 is 0 Å². The monoisotopic (exact) mass is 210 g/mol. The average Bonchev–Trinajstić information content (AvgIpc) is 2.62. The molecule has 1 aliphatic rings. The van der Waals surface area contributed by atoms with Crippen LogP contribution in [-0.2, 0) is 0 Å². The van der Waals surface area contributed by atoms with E-state index in [2.05, 4.69) is 29.5 Å². The van der Waals surface area contributed by atoms with E-state index >= 15 is 0 Å². The van der Waals surface area contributed by atoms with Gasteiger partial charge < -0.3 is 5.32 Å². The lowest BCUT2D eigenvalue weighted by molar-refractivity contribution is 0.239. The van der Waals surface area contributed by atoms with E-state index in [0.717, 1.165) is 18.5 Å². The summed E-state index contributed by atoms with van der Waals surface area (Å²) in [5, 5.41) is 6.91. The van der Waals surface area contributed by atoms with Crippen LogP contribution in [0.1, 0.15) is 37.6 Å². The molecular formula is C11H18N2S. The van der Waals surface area contributed by atoms with E-state index in [9.17, 15) is 0 Å². The van der Waals surface area contributed by atoms with Gasteiger partial charge in [0.1, 0.15) is 0 Å². The standard InChI is InChI=1S/C11H18N2S/c1-8-5-10(6-8)13-7-9(2)11-12-3-4-14-11/h3-4,8-10,13H,5-7H2,1-2H3. The molecule has 0 aliphatic heterocycles. The van der Waals surface area contributed by atoms with Crippen molar-refractivity contribution in [2.45, 2.75) is 38.6 Å². The Kier molecular flexibility index (Phi) is 3.19. The Balaban J connectivity index is 1.71. The van der Waals surface area contributed by atoms with Crippen LogP contribution >= 0.6 is 11.3 Å². The summed E-state index contributed by atoms with van der Waals surface area (Å²) in [6.07, 6.45) is 4.59. The van der Waals surface area contributed by atoms with Crippen LogP contribution in [-0.4, -0.2) is 17.6 Å². The quantitative estimate of drug-likeness (QED) is 0.826. The second kappa shape index (κ2) is 4.41. The van der Waals surface area contributed by atoms with Gasteiger partial charge in [0.25, 0.3) is 0 Å². The predicted octanol–water partition coefficient (Wildman–Crippen LogP) is 2.63. The number of rotatable bonds is 4. The largest absolute Gasteiger partial charge is 0.313 e. The highest BCUT2D eigenvalue weighted by molar-refractivity contribution is 7.09. The first-order chi connectivity index (χ1) is 6.75. The van der Waals surface area contributed by atoms with Gasteiger partial charge in [-0.25, -0.2) is 4.98 Å². The molecule has 0 aromatic carbocycles. The molecular weight excluding hydrogens is 192 g/mol. The molecule has 2 rings (SSSR count). The summed E-state index contributed by atoms with van der Waals surface area (Å²) >= 11 is 1.76. The average molecular weight is 210 g/mol.